The fourth-order valence-corrected chi connectivity index (χ4v) is 4.25. The van der Waals surface area contributed by atoms with Crippen molar-refractivity contribution in [3.63, 3.8) is 0 Å². The van der Waals surface area contributed by atoms with Crippen molar-refractivity contribution in [3.05, 3.63) is 89.0 Å². The minimum Gasteiger partial charge on any atom is -0.352 e. The maximum absolute atomic E-state index is 13.0. The monoisotopic (exact) mass is 440 g/mol. The van der Waals surface area contributed by atoms with Gasteiger partial charge in [-0.05, 0) is 53.3 Å². The number of H-pyrrole nitrogens is 1. The molecule has 33 heavy (non-hydrogen) atoms. The quantitative estimate of drug-likeness (QED) is 0.479. The zero-order valence-electron chi connectivity index (χ0n) is 18.1. The third-order valence-corrected chi connectivity index (χ3v) is 5.99. The van der Waals surface area contributed by atoms with E-state index in [1.165, 1.54) is 5.56 Å². The predicted molar refractivity (Wildman–Crippen MR) is 123 cm³/mol. The fourth-order valence-electron chi connectivity index (χ4n) is 4.25. The minimum atomic E-state index is -0.143. The first-order valence-corrected chi connectivity index (χ1v) is 11.0. The second kappa shape index (κ2) is 9.20. The molecule has 5 rings (SSSR count). The standard InChI is InChI=1S/C25H24N6O2/c32-23(31-10-7-21-20(16-31)14-28-24-22(21)15-29-30-24)12-18-3-1-5-19(11-18)25(33)27-9-6-17-4-2-8-26-13-17/h1-5,8,11,13-15H,6-7,9-10,12,16H2,(H,27,33)(H,28,29,30). The van der Waals surface area contributed by atoms with E-state index in [0.717, 1.165) is 34.1 Å². The molecule has 0 radical (unpaired) electrons. The molecule has 0 spiro atoms. The van der Waals surface area contributed by atoms with Gasteiger partial charge in [-0.25, -0.2) is 4.98 Å². The smallest absolute Gasteiger partial charge is 0.251 e. The minimum absolute atomic E-state index is 0.0436. The van der Waals surface area contributed by atoms with Crippen LogP contribution >= 0.6 is 0 Å². The number of hydrogen-bond acceptors (Lipinski definition) is 5. The summed E-state index contributed by atoms with van der Waals surface area (Å²) >= 11 is 0. The first-order chi connectivity index (χ1) is 16.2. The van der Waals surface area contributed by atoms with E-state index in [0.29, 0.717) is 31.6 Å². The second-order valence-corrected chi connectivity index (χ2v) is 8.20. The lowest BCUT2D eigenvalue weighted by molar-refractivity contribution is -0.131. The molecule has 4 aromatic rings. The Labute approximate surface area is 191 Å². The van der Waals surface area contributed by atoms with Gasteiger partial charge in [-0.3, -0.25) is 19.7 Å². The maximum Gasteiger partial charge on any atom is 0.251 e. The highest BCUT2D eigenvalue weighted by Crippen LogP contribution is 2.25. The Balaban J connectivity index is 1.19. The van der Waals surface area contributed by atoms with Gasteiger partial charge in [-0.15, -0.1) is 0 Å². The second-order valence-electron chi connectivity index (χ2n) is 8.20. The average Bonchev–Trinajstić information content (AvgIpc) is 3.34. The van der Waals surface area contributed by atoms with Gasteiger partial charge in [0.15, 0.2) is 5.65 Å². The number of hydrogen-bond donors (Lipinski definition) is 2. The molecule has 1 aliphatic rings. The van der Waals surface area contributed by atoms with Crippen LogP contribution in [0, 0.1) is 0 Å². The number of nitrogens with one attached hydrogen (secondary N) is 2. The van der Waals surface area contributed by atoms with Gasteiger partial charge < -0.3 is 10.2 Å². The Bertz CT molecular complexity index is 1300. The molecule has 0 saturated heterocycles. The molecule has 1 aromatic carbocycles. The van der Waals surface area contributed by atoms with Crippen LogP contribution in [0.25, 0.3) is 11.0 Å². The molecule has 8 heteroatoms. The summed E-state index contributed by atoms with van der Waals surface area (Å²) < 4.78 is 0. The molecule has 166 valence electrons. The summed E-state index contributed by atoms with van der Waals surface area (Å²) in [7, 11) is 0. The molecule has 0 atom stereocenters. The summed E-state index contributed by atoms with van der Waals surface area (Å²) in [5.41, 5.74) is 5.51. The molecule has 3 aromatic heterocycles. The van der Waals surface area contributed by atoms with Crippen LogP contribution in [-0.2, 0) is 30.6 Å². The Morgan fingerprint density at radius 1 is 1.09 bits per heavy atom. The van der Waals surface area contributed by atoms with Crippen LogP contribution in [0.5, 0.6) is 0 Å². The van der Waals surface area contributed by atoms with E-state index in [1.807, 2.05) is 35.4 Å². The van der Waals surface area contributed by atoms with Crippen molar-refractivity contribution in [1.82, 2.24) is 30.4 Å². The van der Waals surface area contributed by atoms with Gasteiger partial charge in [0.1, 0.15) is 0 Å². The summed E-state index contributed by atoms with van der Waals surface area (Å²) in [6, 6.07) is 11.1. The third kappa shape index (κ3) is 4.59. The molecule has 4 heterocycles. The number of nitrogens with zero attached hydrogens (tertiary/aromatic N) is 4. The summed E-state index contributed by atoms with van der Waals surface area (Å²) in [6.07, 6.45) is 8.90. The lowest BCUT2D eigenvalue weighted by atomic mass is 9.98. The van der Waals surface area contributed by atoms with Crippen molar-refractivity contribution in [3.8, 4) is 0 Å². The maximum atomic E-state index is 13.0. The van der Waals surface area contributed by atoms with Crippen LogP contribution in [0.3, 0.4) is 0 Å². The van der Waals surface area contributed by atoms with Crippen LogP contribution in [-0.4, -0.2) is 50.0 Å². The van der Waals surface area contributed by atoms with Crippen LogP contribution in [0.15, 0.2) is 61.2 Å². The van der Waals surface area contributed by atoms with Crippen molar-refractivity contribution >= 4 is 22.8 Å². The van der Waals surface area contributed by atoms with Crippen LogP contribution < -0.4 is 5.32 Å². The zero-order chi connectivity index (χ0) is 22.6. The van der Waals surface area contributed by atoms with Crippen LogP contribution in [0.4, 0.5) is 0 Å². The molecule has 1 aliphatic heterocycles. The molecule has 0 aliphatic carbocycles. The van der Waals surface area contributed by atoms with Crippen molar-refractivity contribution in [2.24, 2.45) is 0 Å². The lowest BCUT2D eigenvalue weighted by Crippen LogP contribution is -2.37. The Morgan fingerprint density at radius 2 is 2.00 bits per heavy atom. The fraction of sp³-hybridized carbons (Fsp3) is 0.240. The Morgan fingerprint density at radius 3 is 2.88 bits per heavy atom. The van der Waals surface area contributed by atoms with E-state index in [9.17, 15) is 9.59 Å². The van der Waals surface area contributed by atoms with E-state index >= 15 is 0 Å². The molecule has 0 unspecified atom stereocenters. The van der Waals surface area contributed by atoms with Gasteiger partial charge >= 0.3 is 0 Å². The highest BCUT2D eigenvalue weighted by Gasteiger charge is 2.23. The van der Waals surface area contributed by atoms with E-state index in [-0.39, 0.29) is 18.2 Å². The Kier molecular flexibility index (Phi) is 5.80. The highest BCUT2D eigenvalue weighted by atomic mass is 16.2. The van der Waals surface area contributed by atoms with Gasteiger partial charge in [-0.1, -0.05) is 18.2 Å². The number of pyridine rings is 2. The van der Waals surface area contributed by atoms with E-state index in [4.69, 9.17) is 0 Å². The number of fused-ring (bicyclic) bond motifs is 3. The molecule has 0 fully saturated rings. The van der Waals surface area contributed by atoms with E-state index in [1.54, 1.807) is 30.7 Å². The number of benzene rings is 1. The predicted octanol–water partition coefficient (Wildman–Crippen LogP) is 2.45. The normalized spacial score (nSPS) is 13.0. The Hall–Kier alpha value is -4.07. The van der Waals surface area contributed by atoms with E-state index < -0.39 is 0 Å². The van der Waals surface area contributed by atoms with Gasteiger partial charge in [0.05, 0.1) is 12.6 Å². The van der Waals surface area contributed by atoms with Crippen molar-refractivity contribution < 1.29 is 9.59 Å². The van der Waals surface area contributed by atoms with Crippen molar-refractivity contribution in [2.75, 3.05) is 13.1 Å². The number of carbonyl (C=O) groups is 2. The third-order valence-electron chi connectivity index (χ3n) is 5.99. The number of aromatic amines is 1. The van der Waals surface area contributed by atoms with Gasteiger partial charge in [-0.2, -0.15) is 5.10 Å². The average molecular weight is 441 g/mol. The van der Waals surface area contributed by atoms with E-state index in [2.05, 4.69) is 25.5 Å². The SMILES string of the molecule is O=C(NCCc1cccnc1)c1cccc(CC(=O)N2CCc3c(cnc4[nH]ncc34)C2)c1. The van der Waals surface area contributed by atoms with Crippen LogP contribution in [0.1, 0.15) is 32.6 Å². The highest BCUT2D eigenvalue weighted by molar-refractivity contribution is 5.94. The topological polar surface area (TPSA) is 104 Å². The van der Waals surface area contributed by atoms with Gasteiger partial charge in [0.2, 0.25) is 5.91 Å². The summed E-state index contributed by atoms with van der Waals surface area (Å²) in [4.78, 5) is 35.9. The number of amides is 2. The first kappa shape index (κ1) is 20.8. The molecule has 0 bridgehead atoms. The number of carbonyl (C=O) groups excluding carboxylic acids is 2. The summed E-state index contributed by atoms with van der Waals surface area (Å²) in [5, 5.41) is 10.9. The zero-order valence-corrected chi connectivity index (χ0v) is 18.1. The summed E-state index contributed by atoms with van der Waals surface area (Å²) in [5.74, 6) is -0.0997. The molecule has 0 saturated carbocycles. The molecule has 8 nitrogen and oxygen atoms in total. The first-order valence-electron chi connectivity index (χ1n) is 11.0. The molecule has 2 amide bonds. The van der Waals surface area contributed by atoms with Crippen LogP contribution in [0.2, 0.25) is 0 Å². The lowest BCUT2D eigenvalue weighted by Gasteiger charge is -2.29. The number of rotatable bonds is 6. The molecular weight excluding hydrogens is 416 g/mol. The molecule has 2 N–H and O–H groups in total. The van der Waals surface area contributed by atoms with Crippen molar-refractivity contribution in [1.29, 1.82) is 0 Å². The summed E-state index contributed by atoms with van der Waals surface area (Å²) in [6.45, 7) is 1.72. The molecular formula is C25H24N6O2. The largest absolute Gasteiger partial charge is 0.352 e. The number of aromatic nitrogens is 4. The van der Waals surface area contributed by atoms with Crippen molar-refractivity contribution in [2.45, 2.75) is 25.8 Å². The van der Waals surface area contributed by atoms with Gasteiger partial charge in [0, 0.05) is 49.2 Å². The van der Waals surface area contributed by atoms with Gasteiger partial charge in [0.25, 0.3) is 5.91 Å².